The minimum absolute atomic E-state index is 0.0849. The highest BCUT2D eigenvalue weighted by Crippen LogP contribution is 2.32. The summed E-state index contributed by atoms with van der Waals surface area (Å²) in [5, 5.41) is 4.66. The molecule has 0 unspecified atom stereocenters. The summed E-state index contributed by atoms with van der Waals surface area (Å²) < 4.78 is 3.47. The van der Waals surface area contributed by atoms with Crippen LogP contribution in [0.15, 0.2) is 46.7 Å². The SMILES string of the molecule is Cn1ccnc1SC1CCC(NC(=O)Cn2ccccc2=O)CC1. The molecule has 0 spiro atoms. The third kappa shape index (κ3) is 4.29. The quantitative estimate of drug-likeness (QED) is 0.896. The molecule has 7 heteroatoms. The molecule has 0 atom stereocenters. The molecule has 128 valence electrons. The van der Waals surface area contributed by atoms with Crippen molar-refractivity contribution in [1.82, 2.24) is 19.4 Å². The predicted molar refractivity (Wildman–Crippen MR) is 94.0 cm³/mol. The monoisotopic (exact) mass is 346 g/mol. The lowest BCUT2D eigenvalue weighted by atomic mass is 9.95. The number of rotatable bonds is 5. The third-order valence-corrected chi connectivity index (χ3v) is 5.71. The Balaban J connectivity index is 1.45. The van der Waals surface area contributed by atoms with E-state index in [4.69, 9.17) is 0 Å². The van der Waals surface area contributed by atoms with E-state index in [0.717, 1.165) is 30.8 Å². The molecule has 0 aliphatic heterocycles. The number of nitrogens with zero attached hydrogens (tertiary/aromatic N) is 3. The summed E-state index contributed by atoms with van der Waals surface area (Å²) in [6.45, 7) is 0.0849. The van der Waals surface area contributed by atoms with Gasteiger partial charge in [-0.2, -0.15) is 0 Å². The topological polar surface area (TPSA) is 68.9 Å². The van der Waals surface area contributed by atoms with E-state index in [-0.39, 0.29) is 24.1 Å². The number of hydrogen-bond acceptors (Lipinski definition) is 4. The maximum atomic E-state index is 12.1. The van der Waals surface area contributed by atoms with Crippen LogP contribution in [-0.2, 0) is 18.4 Å². The maximum Gasteiger partial charge on any atom is 0.250 e. The molecule has 1 N–H and O–H groups in total. The van der Waals surface area contributed by atoms with Gasteiger partial charge in [0.2, 0.25) is 5.91 Å². The Morgan fingerprint density at radius 2 is 2.08 bits per heavy atom. The number of hydrogen-bond donors (Lipinski definition) is 1. The Morgan fingerprint density at radius 1 is 1.29 bits per heavy atom. The predicted octanol–water partition coefficient (Wildman–Crippen LogP) is 1.80. The average Bonchev–Trinajstić information content (AvgIpc) is 2.96. The van der Waals surface area contributed by atoms with Crippen molar-refractivity contribution < 1.29 is 4.79 Å². The number of aromatic nitrogens is 3. The van der Waals surface area contributed by atoms with Gasteiger partial charge < -0.3 is 14.5 Å². The number of carbonyl (C=O) groups excluding carboxylic acids is 1. The fourth-order valence-corrected chi connectivity index (χ4v) is 4.11. The van der Waals surface area contributed by atoms with Crippen LogP contribution in [-0.4, -0.2) is 31.3 Å². The highest BCUT2D eigenvalue weighted by atomic mass is 32.2. The van der Waals surface area contributed by atoms with Crippen LogP contribution in [0.1, 0.15) is 25.7 Å². The van der Waals surface area contributed by atoms with Gasteiger partial charge in [0.25, 0.3) is 5.56 Å². The fourth-order valence-electron chi connectivity index (χ4n) is 2.96. The van der Waals surface area contributed by atoms with Crippen LogP contribution in [0.25, 0.3) is 0 Å². The van der Waals surface area contributed by atoms with Crippen molar-refractivity contribution in [1.29, 1.82) is 0 Å². The molecule has 0 saturated heterocycles. The van der Waals surface area contributed by atoms with Crippen molar-refractivity contribution in [2.24, 2.45) is 7.05 Å². The number of amides is 1. The fraction of sp³-hybridized carbons (Fsp3) is 0.471. The average molecular weight is 346 g/mol. The lowest BCUT2D eigenvalue weighted by Crippen LogP contribution is -2.41. The van der Waals surface area contributed by atoms with E-state index in [0.29, 0.717) is 5.25 Å². The Labute approximate surface area is 145 Å². The van der Waals surface area contributed by atoms with Gasteiger partial charge in [0, 0.05) is 43.0 Å². The second-order valence-electron chi connectivity index (χ2n) is 6.15. The van der Waals surface area contributed by atoms with Crippen LogP contribution < -0.4 is 10.9 Å². The Hall–Kier alpha value is -2.02. The highest BCUT2D eigenvalue weighted by Gasteiger charge is 2.24. The summed E-state index contributed by atoms with van der Waals surface area (Å²) >= 11 is 1.82. The first-order chi connectivity index (χ1) is 11.6. The van der Waals surface area contributed by atoms with Crippen LogP contribution in [0.2, 0.25) is 0 Å². The largest absolute Gasteiger partial charge is 0.352 e. The summed E-state index contributed by atoms with van der Waals surface area (Å²) in [4.78, 5) is 28.1. The lowest BCUT2D eigenvalue weighted by molar-refractivity contribution is -0.122. The zero-order valence-corrected chi connectivity index (χ0v) is 14.5. The summed E-state index contributed by atoms with van der Waals surface area (Å²) in [5.74, 6) is -0.0940. The van der Waals surface area contributed by atoms with E-state index in [1.807, 2.05) is 35.8 Å². The van der Waals surface area contributed by atoms with Gasteiger partial charge in [-0.05, 0) is 31.7 Å². The zero-order chi connectivity index (χ0) is 16.9. The van der Waals surface area contributed by atoms with Gasteiger partial charge in [0.05, 0.1) is 0 Å². The lowest BCUT2D eigenvalue weighted by Gasteiger charge is -2.28. The number of aryl methyl sites for hydroxylation is 1. The summed E-state index contributed by atoms with van der Waals surface area (Å²) in [7, 11) is 2.01. The van der Waals surface area contributed by atoms with E-state index in [1.54, 1.807) is 18.3 Å². The minimum atomic E-state index is -0.150. The van der Waals surface area contributed by atoms with E-state index in [9.17, 15) is 9.59 Å². The van der Waals surface area contributed by atoms with Gasteiger partial charge >= 0.3 is 0 Å². The molecule has 1 aliphatic carbocycles. The summed E-state index contributed by atoms with van der Waals surface area (Å²) in [6, 6.07) is 5.11. The van der Waals surface area contributed by atoms with Gasteiger partial charge in [0.1, 0.15) is 6.54 Å². The third-order valence-electron chi connectivity index (χ3n) is 4.30. The molecular formula is C17H22N4O2S. The van der Waals surface area contributed by atoms with Crippen LogP contribution >= 0.6 is 11.8 Å². The molecule has 1 amide bonds. The van der Waals surface area contributed by atoms with Gasteiger partial charge in [-0.15, -0.1) is 0 Å². The van der Waals surface area contributed by atoms with E-state index < -0.39 is 0 Å². The van der Waals surface area contributed by atoms with Gasteiger partial charge in [0.15, 0.2) is 5.16 Å². The minimum Gasteiger partial charge on any atom is -0.352 e. The van der Waals surface area contributed by atoms with Gasteiger partial charge in [-0.3, -0.25) is 9.59 Å². The van der Waals surface area contributed by atoms with Gasteiger partial charge in [-0.25, -0.2) is 4.98 Å². The summed E-state index contributed by atoms with van der Waals surface area (Å²) in [5.41, 5.74) is -0.150. The Bertz CT molecular complexity index is 747. The van der Waals surface area contributed by atoms with Crippen molar-refractivity contribution >= 4 is 17.7 Å². The van der Waals surface area contributed by atoms with Crippen molar-refractivity contribution in [2.45, 2.75) is 48.7 Å². The number of nitrogens with one attached hydrogen (secondary N) is 1. The Morgan fingerprint density at radius 3 is 2.75 bits per heavy atom. The summed E-state index contributed by atoms with van der Waals surface area (Å²) in [6.07, 6.45) is 9.48. The van der Waals surface area contributed by atoms with Crippen LogP contribution in [0.4, 0.5) is 0 Å². The molecule has 3 rings (SSSR count). The molecule has 2 aromatic rings. The number of imidazole rings is 1. The second-order valence-corrected chi connectivity index (χ2v) is 7.41. The smallest absolute Gasteiger partial charge is 0.250 e. The molecule has 1 saturated carbocycles. The highest BCUT2D eigenvalue weighted by molar-refractivity contribution is 7.99. The molecular weight excluding hydrogens is 324 g/mol. The maximum absolute atomic E-state index is 12.1. The first-order valence-electron chi connectivity index (χ1n) is 8.20. The van der Waals surface area contributed by atoms with Crippen LogP contribution in [0, 0.1) is 0 Å². The first kappa shape index (κ1) is 16.8. The standard InChI is InChI=1S/C17H22N4O2S/c1-20-11-9-18-17(20)24-14-7-5-13(6-8-14)19-15(22)12-21-10-3-2-4-16(21)23/h2-4,9-11,13-14H,5-8,12H2,1H3,(H,19,22). The second kappa shape index (κ2) is 7.70. The molecule has 6 nitrogen and oxygen atoms in total. The molecule has 2 heterocycles. The molecule has 0 aromatic carbocycles. The van der Waals surface area contributed by atoms with Crippen LogP contribution in [0.5, 0.6) is 0 Å². The number of carbonyl (C=O) groups is 1. The Kier molecular flexibility index (Phi) is 5.40. The van der Waals surface area contributed by atoms with E-state index in [2.05, 4.69) is 10.3 Å². The van der Waals surface area contributed by atoms with Crippen molar-refractivity contribution in [3.05, 3.63) is 47.1 Å². The van der Waals surface area contributed by atoms with Gasteiger partial charge in [-0.1, -0.05) is 17.8 Å². The molecule has 0 radical (unpaired) electrons. The first-order valence-corrected chi connectivity index (χ1v) is 9.08. The van der Waals surface area contributed by atoms with Crippen molar-refractivity contribution in [3.8, 4) is 0 Å². The zero-order valence-electron chi connectivity index (χ0n) is 13.7. The molecule has 24 heavy (non-hydrogen) atoms. The van der Waals surface area contributed by atoms with Crippen molar-refractivity contribution in [3.63, 3.8) is 0 Å². The molecule has 1 fully saturated rings. The van der Waals surface area contributed by atoms with E-state index in [1.165, 1.54) is 10.6 Å². The molecule has 1 aliphatic rings. The van der Waals surface area contributed by atoms with Crippen LogP contribution in [0.3, 0.4) is 0 Å². The molecule has 0 bridgehead atoms. The molecule has 2 aromatic heterocycles. The van der Waals surface area contributed by atoms with E-state index >= 15 is 0 Å². The number of pyridine rings is 1. The van der Waals surface area contributed by atoms with Crippen molar-refractivity contribution in [2.75, 3.05) is 0 Å². The normalized spacial score (nSPS) is 20.7. The number of thioether (sulfide) groups is 1.